The molecule has 0 atom stereocenters. The Labute approximate surface area is 174 Å². The number of hydrogen-bond acceptors (Lipinski definition) is 4. The monoisotopic (exact) mass is 288 g/mol. The van der Waals surface area contributed by atoms with Gasteiger partial charge in [0.05, 0.1) is 0 Å². The SMILES string of the molecule is [K+].[K+].[O-]P([O-])(=S)SC1CCCCC1. The summed E-state index contributed by atoms with van der Waals surface area (Å²) in [5.41, 5.74) is -3.48. The Kier molecular flexibility index (Phi) is 15.2. The molecule has 0 aliphatic heterocycles. The molecule has 0 aromatic heterocycles. The van der Waals surface area contributed by atoms with Crippen LogP contribution in [-0.4, -0.2) is 5.25 Å². The van der Waals surface area contributed by atoms with Gasteiger partial charge in [-0.3, -0.25) is 0 Å². The summed E-state index contributed by atoms with van der Waals surface area (Å²) in [4.78, 5) is 21.4. The van der Waals surface area contributed by atoms with Crippen LogP contribution in [0, 0.1) is 0 Å². The smallest absolute Gasteiger partial charge is 0.825 e. The summed E-state index contributed by atoms with van der Waals surface area (Å²) in [7, 11) is 0. The van der Waals surface area contributed by atoms with Crippen molar-refractivity contribution in [1.82, 2.24) is 0 Å². The van der Waals surface area contributed by atoms with Crippen LogP contribution in [-0.2, 0) is 11.8 Å². The molecular weight excluding hydrogens is 277 g/mol. The van der Waals surface area contributed by atoms with Gasteiger partial charge in [-0.15, -0.1) is 11.8 Å². The van der Waals surface area contributed by atoms with Crippen LogP contribution in [0.2, 0.25) is 0 Å². The third-order valence-corrected chi connectivity index (χ3v) is 5.30. The molecule has 13 heavy (non-hydrogen) atoms. The molecule has 7 heteroatoms. The molecule has 1 aliphatic rings. The van der Waals surface area contributed by atoms with E-state index in [2.05, 4.69) is 11.8 Å². The van der Waals surface area contributed by atoms with Gasteiger partial charge < -0.3 is 9.79 Å². The van der Waals surface area contributed by atoms with E-state index >= 15 is 0 Å². The van der Waals surface area contributed by atoms with Crippen LogP contribution < -0.4 is 113 Å². The minimum Gasteiger partial charge on any atom is -0.825 e. The van der Waals surface area contributed by atoms with Gasteiger partial charge in [-0.1, -0.05) is 19.3 Å². The van der Waals surface area contributed by atoms with Crippen molar-refractivity contribution < 1.29 is 113 Å². The molecule has 0 heterocycles. The van der Waals surface area contributed by atoms with Crippen molar-refractivity contribution in [2.24, 2.45) is 0 Å². The Bertz CT molecular complexity index is 170. The van der Waals surface area contributed by atoms with Crippen LogP contribution in [0.3, 0.4) is 0 Å². The first-order chi connectivity index (χ1) is 5.08. The molecular formula is C6H11K2O2PS2. The average molecular weight is 288 g/mol. The Morgan fingerprint density at radius 3 is 1.92 bits per heavy atom. The third-order valence-electron chi connectivity index (χ3n) is 1.83. The zero-order valence-corrected chi connectivity index (χ0v) is 17.0. The third kappa shape index (κ3) is 11.0. The van der Waals surface area contributed by atoms with Crippen molar-refractivity contribution in [2.75, 3.05) is 0 Å². The summed E-state index contributed by atoms with van der Waals surface area (Å²) in [6.07, 6.45) is 5.61. The zero-order valence-electron chi connectivity index (χ0n) is 8.19. The molecule has 1 aliphatic carbocycles. The van der Waals surface area contributed by atoms with E-state index in [1.54, 1.807) is 0 Å². The van der Waals surface area contributed by atoms with Gasteiger partial charge in [0.1, 0.15) is 0 Å². The molecule has 0 radical (unpaired) electrons. The maximum atomic E-state index is 10.7. The van der Waals surface area contributed by atoms with Gasteiger partial charge in [-0.05, 0) is 12.8 Å². The topological polar surface area (TPSA) is 46.1 Å². The van der Waals surface area contributed by atoms with Gasteiger partial charge >= 0.3 is 103 Å². The van der Waals surface area contributed by atoms with E-state index in [1.807, 2.05) is 0 Å². The molecule has 2 nitrogen and oxygen atoms in total. The Morgan fingerprint density at radius 1 is 1.08 bits per heavy atom. The minimum atomic E-state index is -3.48. The summed E-state index contributed by atoms with van der Waals surface area (Å²) < 4.78 is 0. The predicted octanol–water partition coefficient (Wildman–Crippen LogP) is -4.99. The molecule has 0 spiro atoms. The molecule has 0 amide bonds. The Hall–Kier alpha value is 4.19. The van der Waals surface area contributed by atoms with Crippen molar-refractivity contribution in [3.8, 4) is 0 Å². The molecule has 1 fully saturated rings. The maximum absolute atomic E-state index is 10.7. The first-order valence-corrected chi connectivity index (χ1v) is 7.91. The zero-order chi connectivity index (χ0) is 8.32. The Balaban J connectivity index is 0. The first kappa shape index (κ1) is 19.5. The molecule has 0 unspecified atom stereocenters. The van der Waals surface area contributed by atoms with Crippen LogP contribution in [0.4, 0.5) is 0 Å². The summed E-state index contributed by atoms with van der Waals surface area (Å²) >= 11 is 5.32. The number of rotatable bonds is 2. The quantitative estimate of drug-likeness (QED) is 0.377. The largest absolute Gasteiger partial charge is 1.00 e. The van der Waals surface area contributed by atoms with Crippen LogP contribution >= 0.6 is 17.1 Å². The van der Waals surface area contributed by atoms with E-state index in [-0.39, 0.29) is 108 Å². The normalized spacial score (nSPS) is 18.6. The summed E-state index contributed by atoms with van der Waals surface area (Å²) in [6.45, 7) is 0. The summed E-state index contributed by atoms with van der Waals surface area (Å²) in [5.74, 6) is 0. The van der Waals surface area contributed by atoms with Gasteiger partial charge in [0.2, 0.25) is 0 Å². The molecule has 1 saturated carbocycles. The van der Waals surface area contributed by atoms with Gasteiger partial charge in [0.15, 0.2) is 0 Å². The van der Waals surface area contributed by atoms with Crippen LogP contribution in [0.15, 0.2) is 0 Å². The van der Waals surface area contributed by atoms with E-state index < -0.39 is 5.69 Å². The molecule has 0 aromatic rings. The predicted molar refractivity (Wildman–Crippen MR) is 48.7 cm³/mol. The van der Waals surface area contributed by atoms with Crippen molar-refractivity contribution in [3.05, 3.63) is 0 Å². The fourth-order valence-electron chi connectivity index (χ4n) is 1.35. The molecule has 1 rings (SSSR count). The van der Waals surface area contributed by atoms with Crippen LogP contribution in [0.25, 0.3) is 0 Å². The van der Waals surface area contributed by atoms with E-state index in [1.165, 1.54) is 6.42 Å². The van der Waals surface area contributed by atoms with Gasteiger partial charge in [-0.2, -0.15) is 17.1 Å². The fraction of sp³-hybridized carbons (Fsp3) is 1.00. The van der Waals surface area contributed by atoms with Crippen molar-refractivity contribution in [2.45, 2.75) is 37.4 Å². The van der Waals surface area contributed by atoms with Gasteiger partial charge in [0, 0.05) is 5.25 Å². The first-order valence-electron chi connectivity index (χ1n) is 3.78. The van der Waals surface area contributed by atoms with Crippen molar-refractivity contribution in [1.29, 1.82) is 0 Å². The van der Waals surface area contributed by atoms with E-state index in [9.17, 15) is 9.79 Å². The van der Waals surface area contributed by atoms with Gasteiger partial charge in [0.25, 0.3) is 0 Å². The van der Waals surface area contributed by atoms with Crippen molar-refractivity contribution >= 4 is 28.9 Å². The molecule has 0 aromatic carbocycles. The van der Waals surface area contributed by atoms with Gasteiger partial charge in [-0.25, -0.2) is 0 Å². The summed E-state index contributed by atoms with van der Waals surface area (Å²) in [6, 6.07) is 0. The van der Waals surface area contributed by atoms with E-state index in [0.29, 0.717) is 0 Å². The molecule has 0 saturated heterocycles. The second-order valence-corrected chi connectivity index (χ2v) is 8.79. The summed E-state index contributed by atoms with van der Waals surface area (Å²) in [5, 5.41) is 0.282. The maximum Gasteiger partial charge on any atom is 1.00 e. The standard InChI is InChI=1S/C6H13O2PS2.2K/c7-9(8,10)11-6-4-2-1-3-5-6;;/h6H,1-5H2,(H2,7,8,10);;/q;2*+1/p-2. The second-order valence-electron chi connectivity index (χ2n) is 2.81. The van der Waals surface area contributed by atoms with E-state index in [0.717, 1.165) is 37.1 Å². The average Bonchev–Trinajstić information content (AvgIpc) is 1.85. The fourth-order valence-corrected chi connectivity index (χ4v) is 5.09. The molecule has 0 bridgehead atoms. The van der Waals surface area contributed by atoms with Crippen LogP contribution in [0.5, 0.6) is 0 Å². The Morgan fingerprint density at radius 2 is 1.54 bits per heavy atom. The second kappa shape index (κ2) is 10.1. The van der Waals surface area contributed by atoms with E-state index in [4.69, 9.17) is 0 Å². The minimum absolute atomic E-state index is 0. The number of hydrogen-bond donors (Lipinski definition) is 0. The van der Waals surface area contributed by atoms with Crippen LogP contribution in [0.1, 0.15) is 32.1 Å². The molecule has 0 N–H and O–H groups in total. The molecule has 66 valence electrons. The van der Waals surface area contributed by atoms with Crippen molar-refractivity contribution in [3.63, 3.8) is 0 Å².